The molecule has 0 aromatic heterocycles. The van der Waals surface area contributed by atoms with Gasteiger partial charge < -0.3 is 19.5 Å². The van der Waals surface area contributed by atoms with Gasteiger partial charge in [0.25, 0.3) is 0 Å². The third-order valence-corrected chi connectivity index (χ3v) is 4.96. The molecule has 0 saturated carbocycles. The number of carbonyl (C=O) groups excluding carboxylic acids is 1. The number of halogens is 1. The van der Waals surface area contributed by atoms with Crippen LogP contribution in [0.15, 0.2) is 36.4 Å². The molecule has 4 rings (SSSR count). The van der Waals surface area contributed by atoms with Gasteiger partial charge in [0.2, 0.25) is 12.7 Å². The van der Waals surface area contributed by atoms with Crippen LogP contribution in [0.3, 0.4) is 0 Å². The lowest BCUT2D eigenvalue weighted by Crippen LogP contribution is -2.48. The summed E-state index contributed by atoms with van der Waals surface area (Å²) in [4.78, 5) is 16.5. The van der Waals surface area contributed by atoms with Crippen molar-refractivity contribution in [3.63, 3.8) is 0 Å². The number of hydrogen-bond donors (Lipinski definition) is 1. The van der Waals surface area contributed by atoms with Crippen LogP contribution in [0.25, 0.3) is 0 Å². The topological polar surface area (TPSA) is 62.2 Å². The fourth-order valence-electron chi connectivity index (χ4n) is 3.38. The van der Waals surface area contributed by atoms with Crippen molar-refractivity contribution in [2.24, 2.45) is 0 Å². The van der Waals surface area contributed by atoms with Gasteiger partial charge in [0.1, 0.15) is 11.6 Å². The van der Waals surface area contributed by atoms with Crippen molar-refractivity contribution in [1.29, 1.82) is 0 Å². The number of hydrogen-bond acceptors (Lipinski definition) is 5. The third-order valence-electron chi connectivity index (χ3n) is 4.96. The monoisotopic (exact) mass is 372 g/mol. The van der Waals surface area contributed by atoms with Crippen molar-refractivity contribution < 1.29 is 23.8 Å². The van der Waals surface area contributed by atoms with Crippen molar-refractivity contribution in [2.75, 3.05) is 33.0 Å². The van der Waals surface area contributed by atoms with Gasteiger partial charge in [0.05, 0.1) is 6.42 Å². The lowest BCUT2D eigenvalue weighted by atomic mass is 10.1. The van der Waals surface area contributed by atoms with Gasteiger partial charge in [-0.15, -0.1) is 0 Å². The van der Waals surface area contributed by atoms with Crippen LogP contribution in [0.5, 0.6) is 17.2 Å². The fraction of sp³-hybridized carbons (Fsp3) is 0.350. The predicted molar refractivity (Wildman–Crippen MR) is 96.2 cm³/mol. The lowest BCUT2D eigenvalue weighted by Gasteiger charge is -2.35. The summed E-state index contributed by atoms with van der Waals surface area (Å²) < 4.78 is 23.6. The number of aromatic hydroxyl groups is 1. The van der Waals surface area contributed by atoms with E-state index in [0.717, 1.165) is 24.2 Å². The Balaban J connectivity index is 1.31. The molecule has 1 saturated heterocycles. The molecule has 0 atom stereocenters. The minimum atomic E-state index is -0.299. The summed E-state index contributed by atoms with van der Waals surface area (Å²) in [5.41, 5.74) is 1.60. The molecule has 1 N–H and O–H groups in total. The summed E-state index contributed by atoms with van der Waals surface area (Å²) in [5.74, 6) is 1.15. The Morgan fingerprint density at radius 3 is 2.41 bits per heavy atom. The molecule has 142 valence electrons. The molecule has 1 fully saturated rings. The number of piperazine rings is 1. The first-order chi connectivity index (χ1) is 13.1. The highest BCUT2D eigenvalue weighted by Crippen LogP contribution is 2.38. The maximum atomic E-state index is 13.0. The second-order valence-electron chi connectivity index (χ2n) is 6.79. The molecular formula is C20H21FN2O4. The zero-order valence-corrected chi connectivity index (χ0v) is 14.9. The van der Waals surface area contributed by atoms with E-state index in [2.05, 4.69) is 4.90 Å². The molecule has 0 radical (unpaired) electrons. The van der Waals surface area contributed by atoms with E-state index in [4.69, 9.17) is 9.47 Å². The van der Waals surface area contributed by atoms with Crippen LogP contribution in [0, 0.1) is 5.82 Å². The van der Waals surface area contributed by atoms with E-state index in [1.54, 1.807) is 18.2 Å². The highest BCUT2D eigenvalue weighted by atomic mass is 19.1. The second-order valence-corrected chi connectivity index (χ2v) is 6.79. The maximum Gasteiger partial charge on any atom is 0.231 e. The molecule has 7 heteroatoms. The van der Waals surface area contributed by atoms with Crippen molar-refractivity contribution >= 4 is 5.91 Å². The van der Waals surface area contributed by atoms with E-state index in [0.29, 0.717) is 31.1 Å². The van der Waals surface area contributed by atoms with E-state index < -0.39 is 0 Å². The van der Waals surface area contributed by atoms with Crippen LogP contribution < -0.4 is 9.47 Å². The summed E-state index contributed by atoms with van der Waals surface area (Å²) in [6.45, 7) is 3.47. The van der Waals surface area contributed by atoms with E-state index in [1.165, 1.54) is 12.1 Å². The Morgan fingerprint density at radius 1 is 1.04 bits per heavy atom. The number of ether oxygens (including phenoxy) is 2. The molecule has 2 aromatic rings. The molecule has 0 spiro atoms. The van der Waals surface area contributed by atoms with Gasteiger partial charge in [0.15, 0.2) is 11.5 Å². The smallest absolute Gasteiger partial charge is 0.231 e. The lowest BCUT2D eigenvalue weighted by molar-refractivity contribution is -0.132. The highest BCUT2D eigenvalue weighted by molar-refractivity contribution is 5.78. The van der Waals surface area contributed by atoms with E-state index >= 15 is 0 Å². The van der Waals surface area contributed by atoms with Crippen LogP contribution in [0.2, 0.25) is 0 Å². The molecule has 0 unspecified atom stereocenters. The molecule has 0 bridgehead atoms. The molecule has 2 heterocycles. The molecule has 0 aliphatic carbocycles. The number of fused-ring (bicyclic) bond motifs is 1. The summed E-state index contributed by atoms with van der Waals surface area (Å²) >= 11 is 0. The molecule has 6 nitrogen and oxygen atoms in total. The molecule has 27 heavy (non-hydrogen) atoms. The maximum absolute atomic E-state index is 13.0. The van der Waals surface area contributed by atoms with Gasteiger partial charge in [-0.05, 0) is 23.8 Å². The summed E-state index contributed by atoms with van der Waals surface area (Å²) in [7, 11) is 0. The first-order valence-electron chi connectivity index (χ1n) is 8.94. The number of benzene rings is 2. The SMILES string of the molecule is O=C(Cc1ccc(F)cc1)N1CCN(Cc2cc3c(cc2O)OCO3)CC1. The van der Waals surface area contributed by atoms with Gasteiger partial charge in [-0.25, -0.2) is 4.39 Å². The Labute approximate surface area is 156 Å². The van der Waals surface area contributed by atoms with Crippen molar-refractivity contribution in [1.82, 2.24) is 9.80 Å². The number of phenols is 1. The average Bonchev–Trinajstić information content (AvgIpc) is 3.11. The minimum Gasteiger partial charge on any atom is -0.507 e. The molecule has 1 amide bonds. The minimum absolute atomic E-state index is 0.0483. The highest BCUT2D eigenvalue weighted by Gasteiger charge is 2.23. The van der Waals surface area contributed by atoms with Crippen molar-refractivity contribution in [3.05, 3.63) is 53.3 Å². The Morgan fingerprint density at radius 2 is 1.70 bits per heavy atom. The predicted octanol–water partition coefficient (Wildman–Crippen LogP) is 2.15. The molecule has 2 aliphatic rings. The van der Waals surface area contributed by atoms with Crippen LogP contribution in [-0.2, 0) is 17.8 Å². The first-order valence-corrected chi connectivity index (χ1v) is 8.94. The second kappa shape index (κ2) is 7.44. The van der Waals surface area contributed by atoms with E-state index in [-0.39, 0.29) is 30.7 Å². The third kappa shape index (κ3) is 3.98. The van der Waals surface area contributed by atoms with Gasteiger partial charge >= 0.3 is 0 Å². The summed E-state index contributed by atoms with van der Waals surface area (Å²) in [5, 5.41) is 10.2. The summed E-state index contributed by atoms with van der Waals surface area (Å²) in [6, 6.07) is 9.43. The quantitative estimate of drug-likeness (QED) is 0.891. The van der Waals surface area contributed by atoms with Gasteiger partial charge in [-0.3, -0.25) is 9.69 Å². The van der Waals surface area contributed by atoms with Crippen molar-refractivity contribution in [3.8, 4) is 17.2 Å². The summed E-state index contributed by atoms with van der Waals surface area (Å²) in [6.07, 6.45) is 0.281. The normalized spacial score (nSPS) is 16.6. The van der Waals surface area contributed by atoms with Crippen LogP contribution in [-0.4, -0.2) is 53.8 Å². The van der Waals surface area contributed by atoms with Gasteiger partial charge in [0, 0.05) is 44.4 Å². The fourth-order valence-corrected chi connectivity index (χ4v) is 3.38. The van der Waals surface area contributed by atoms with Crippen LogP contribution in [0.4, 0.5) is 4.39 Å². The number of nitrogens with zero attached hydrogens (tertiary/aromatic N) is 2. The van der Waals surface area contributed by atoms with Gasteiger partial charge in [-0.2, -0.15) is 0 Å². The average molecular weight is 372 g/mol. The zero-order chi connectivity index (χ0) is 18.8. The number of phenolic OH excluding ortho intramolecular Hbond substituents is 1. The first kappa shape index (κ1) is 17.6. The Kier molecular flexibility index (Phi) is 4.85. The van der Waals surface area contributed by atoms with Crippen molar-refractivity contribution in [2.45, 2.75) is 13.0 Å². The number of carbonyl (C=O) groups is 1. The molecule has 2 aromatic carbocycles. The van der Waals surface area contributed by atoms with E-state index in [1.807, 2.05) is 11.0 Å². The zero-order valence-electron chi connectivity index (χ0n) is 14.9. The largest absolute Gasteiger partial charge is 0.507 e. The molecule has 2 aliphatic heterocycles. The Bertz CT molecular complexity index is 833. The van der Waals surface area contributed by atoms with E-state index in [9.17, 15) is 14.3 Å². The molecular weight excluding hydrogens is 351 g/mol. The Hall–Kier alpha value is -2.80. The van der Waals surface area contributed by atoms with Crippen LogP contribution in [0.1, 0.15) is 11.1 Å². The van der Waals surface area contributed by atoms with Gasteiger partial charge in [-0.1, -0.05) is 12.1 Å². The number of rotatable bonds is 4. The standard InChI is InChI=1S/C20H21FN2O4/c21-16-3-1-14(2-4-16)9-20(25)23-7-5-22(6-8-23)12-15-10-18-19(11-17(15)24)27-13-26-18/h1-4,10-11,24H,5-9,12-13H2. The number of amides is 1. The van der Waals surface area contributed by atoms with Crippen LogP contribution >= 0.6 is 0 Å².